The van der Waals surface area contributed by atoms with Gasteiger partial charge in [-0.1, -0.05) is 47.5 Å². The van der Waals surface area contributed by atoms with E-state index in [4.69, 9.17) is 23.2 Å². The number of aromatic amines is 1. The lowest BCUT2D eigenvalue weighted by molar-refractivity contribution is 0.102. The van der Waals surface area contributed by atoms with Crippen LogP contribution in [0.25, 0.3) is 11.3 Å². The largest absolute Gasteiger partial charge is 0.322 e. The highest BCUT2D eigenvalue weighted by Gasteiger charge is 2.21. The molecule has 3 aromatic carbocycles. The predicted octanol–water partition coefficient (Wildman–Crippen LogP) is 5.44. The molecule has 0 atom stereocenters. The summed E-state index contributed by atoms with van der Waals surface area (Å²) in [7, 11) is -4.08. The average molecular weight is 487 g/mol. The Labute approximate surface area is 194 Å². The van der Waals surface area contributed by atoms with E-state index in [9.17, 15) is 13.2 Å². The molecule has 4 rings (SSSR count). The van der Waals surface area contributed by atoms with Gasteiger partial charge in [-0.15, -0.1) is 0 Å². The fourth-order valence-electron chi connectivity index (χ4n) is 2.95. The molecule has 3 N–H and O–H groups in total. The zero-order valence-electron chi connectivity index (χ0n) is 16.3. The van der Waals surface area contributed by atoms with Crippen LogP contribution in [0.4, 0.5) is 11.4 Å². The maximum Gasteiger partial charge on any atom is 0.263 e. The number of anilines is 2. The lowest BCUT2D eigenvalue weighted by Crippen LogP contribution is -2.16. The third-order valence-corrected chi connectivity index (χ3v) is 6.73. The summed E-state index contributed by atoms with van der Waals surface area (Å²) in [6, 6.07) is 19.4. The van der Waals surface area contributed by atoms with Crippen LogP contribution in [0.15, 0.2) is 83.9 Å². The van der Waals surface area contributed by atoms with Gasteiger partial charge in [-0.25, -0.2) is 8.42 Å². The first-order valence-electron chi connectivity index (χ1n) is 9.31. The molecular formula is C22H16Cl2N4O3S. The molecule has 4 aromatic rings. The molecule has 162 valence electrons. The van der Waals surface area contributed by atoms with Gasteiger partial charge in [-0.2, -0.15) is 5.10 Å². The Bertz CT molecular complexity index is 1370. The summed E-state index contributed by atoms with van der Waals surface area (Å²) < 4.78 is 28.1. The third-order valence-electron chi connectivity index (χ3n) is 4.56. The smallest absolute Gasteiger partial charge is 0.263 e. The van der Waals surface area contributed by atoms with E-state index >= 15 is 0 Å². The fourth-order valence-corrected chi connectivity index (χ4v) is 4.79. The number of carbonyl (C=O) groups excluding carboxylic acids is 1. The number of hydrogen-bond acceptors (Lipinski definition) is 4. The molecule has 7 nitrogen and oxygen atoms in total. The van der Waals surface area contributed by atoms with Crippen LogP contribution in [0, 0.1) is 0 Å². The monoisotopic (exact) mass is 486 g/mol. The number of amides is 1. The maximum absolute atomic E-state index is 12.9. The van der Waals surface area contributed by atoms with Crippen LogP contribution >= 0.6 is 23.2 Å². The van der Waals surface area contributed by atoms with Crippen molar-refractivity contribution in [1.82, 2.24) is 10.2 Å². The van der Waals surface area contributed by atoms with Crippen molar-refractivity contribution in [2.45, 2.75) is 4.90 Å². The zero-order valence-corrected chi connectivity index (χ0v) is 18.7. The fraction of sp³-hybridized carbons (Fsp3) is 0. The van der Waals surface area contributed by atoms with Crippen molar-refractivity contribution in [3.63, 3.8) is 0 Å². The Kier molecular flexibility index (Phi) is 6.18. The molecule has 0 aliphatic rings. The van der Waals surface area contributed by atoms with Crippen LogP contribution in [0.2, 0.25) is 10.0 Å². The average Bonchev–Trinajstić information content (AvgIpc) is 3.31. The Morgan fingerprint density at radius 3 is 2.34 bits per heavy atom. The Balaban J connectivity index is 1.55. The number of carbonyl (C=O) groups is 1. The van der Waals surface area contributed by atoms with Gasteiger partial charge in [-0.3, -0.25) is 14.6 Å². The van der Waals surface area contributed by atoms with E-state index in [1.165, 1.54) is 24.3 Å². The van der Waals surface area contributed by atoms with Gasteiger partial charge in [-0.05, 0) is 54.1 Å². The number of rotatable bonds is 6. The highest BCUT2D eigenvalue weighted by atomic mass is 35.5. The number of H-pyrrole nitrogens is 1. The summed E-state index contributed by atoms with van der Waals surface area (Å²) in [6.07, 6.45) is 1.65. The first-order valence-corrected chi connectivity index (χ1v) is 11.6. The molecule has 0 saturated heterocycles. The van der Waals surface area contributed by atoms with E-state index in [-0.39, 0.29) is 26.2 Å². The van der Waals surface area contributed by atoms with E-state index in [2.05, 4.69) is 20.2 Å². The van der Waals surface area contributed by atoms with Crippen LogP contribution in [0.1, 0.15) is 10.4 Å². The van der Waals surface area contributed by atoms with E-state index < -0.39 is 15.9 Å². The maximum atomic E-state index is 12.9. The summed E-state index contributed by atoms with van der Waals surface area (Å²) in [5.41, 5.74) is 2.64. The molecule has 0 radical (unpaired) electrons. The van der Waals surface area contributed by atoms with E-state index in [1.54, 1.807) is 36.5 Å². The van der Waals surface area contributed by atoms with E-state index in [0.717, 1.165) is 11.3 Å². The van der Waals surface area contributed by atoms with Gasteiger partial charge in [0.2, 0.25) is 0 Å². The first-order chi connectivity index (χ1) is 15.3. The topological polar surface area (TPSA) is 104 Å². The number of nitrogens with one attached hydrogen (secondary N) is 3. The molecule has 32 heavy (non-hydrogen) atoms. The first kappa shape index (κ1) is 21.9. The number of nitrogens with zero attached hydrogens (tertiary/aromatic N) is 1. The molecule has 0 fully saturated rings. The highest BCUT2D eigenvalue weighted by molar-refractivity contribution is 7.92. The minimum atomic E-state index is -4.08. The summed E-state index contributed by atoms with van der Waals surface area (Å²) >= 11 is 12.2. The molecule has 0 saturated carbocycles. The summed E-state index contributed by atoms with van der Waals surface area (Å²) in [6.45, 7) is 0. The van der Waals surface area contributed by atoms with Crippen LogP contribution < -0.4 is 10.0 Å². The van der Waals surface area contributed by atoms with Crippen LogP contribution in [0.3, 0.4) is 0 Å². The van der Waals surface area contributed by atoms with Crippen LogP contribution in [-0.2, 0) is 10.0 Å². The number of hydrogen-bond donors (Lipinski definition) is 3. The number of aromatic nitrogens is 2. The van der Waals surface area contributed by atoms with Gasteiger partial charge < -0.3 is 5.32 Å². The van der Waals surface area contributed by atoms with Gasteiger partial charge in [0.05, 0.1) is 21.4 Å². The molecule has 1 heterocycles. The molecule has 1 aromatic heterocycles. The Hall–Kier alpha value is -3.33. The Morgan fingerprint density at radius 2 is 1.66 bits per heavy atom. The van der Waals surface area contributed by atoms with Crippen molar-refractivity contribution in [2.24, 2.45) is 0 Å². The molecule has 0 unspecified atom stereocenters. The van der Waals surface area contributed by atoms with Crippen LogP contribution in [-0.4, -0.2) is 24.5 Å². The van der Waals surface area contributed by atoms with Gasteiger partial charge >= 0.3 is 0 Å². The van der Waals surface area contributed by atoms with Crippen molar-refractivity contribution in [1.29, 1.82) is 0 Å². The standard InChI is InChI=1S/C22H16Cl2N4O3S/c23-17-3-1-2-4-20(17)28-32(30,31)21-13-15(7-10-18(21)24)22(29)26-16-8-5-14(6-9-16)19-11-12-25-27-19/h1-13,28H,(H,25,27)(H,26,29). The van der Waals surface area contributed by atoms with Gasteiger partial charge in [0.1, 0.15) is 4.90 Å². The predicted molar refractivity (Wildman–Crippen MR) is 126 cm³/mol. The van der Waals surface area contributed by atoms with Crippen molar-refractivity contribution >= 4 is 50.5 Å². The van der Waals surface area contributed by atoms with Crippen LogP contribution in [0.5, 0.6) is 0 Å². The van der Waals surface area contributed by atoms with Crippen molar-refractivity contribution in [3.8, 4) is 11.3 Å². The molecular weight excluding hydrogens is 471 g/mol. The van der Waals surface area contributed by atoms with Gasteiger partial charge in [0.25, 0.3) is 15.9 Å². The Morgan fingerprint density at radius 1 is 0.906 bits per heavy atom. The summed E-state index contributed by atoms with van der Waals surface area (Å²) in [4.78, 5) is 12.5. The molecule has 0 spiro atoms. The second kappa shape index (κ2) is 9.04. The van der Waals surface area contributed by atoms with Crippen molar-refractivity contribution in [3.05, 3.63) is 94.6 Å². The lowest BCUT2D eigenvalue weighted by atomic mass is 10.1. The SMILES string of the molecule is O=C(Nc1ccc(-c2ccn[nH]2)cc1)c1ccc(Cl)c(S(=O)(=O)Nc2ccccc2Cl)c1. The summed E-state index contributed by atoms with van der Waals surface area (Å²) in [5, 5.41) is 9.73. The zero-order chi connectivity index (χ0) is 22.7. The minimum absolute atomic E-state index is 0.0231. The second-order valence-corrected chi connectivity index (χ2v) is 9.20. The second-order valence-electron chi connectivity index (χ2n) is 6.73. The molecule has 0 aliphatic heterocycles. The molecule has 0 bridgehead atoms. The highest BCUT2D eigenvalue weighted by Crippen LogP contribution is 2.28. The third kappa shape index (κ3) is 4.77. The van der Waals surface area contributed by atoms with Gasteiger partial charge in [0, 0.05) is 17.4 Å². The molecule has 0 aliphatic carbocycles. The number of para-hydroxylation sites is 1. The lowest BCUT2D eigenvalue weighted by Gasteiger charge is -2.12. The normalized spacial score (nSPS) is 11.2. The van der Waals surface area contributed by atoms with Crippen molar-refractivity contribution in [2.75, 3.05) is 10.0 Å². The minimum Gasteiger partial charge on any atom is -0.322 e. The number of sulfonamides is 1. The summed E-state index contributed by atoms with van der Waals surface area (Å²) in [5.74, 6) is -0.481. The van der Waals surface area contributed by atoms with E-state index in [0.29, 0.717) is 5.69 Å². The quantitative estimate of drug-likeness (QED) is 0.337. The van der Waals surface area contributed by atoms with E-state index in [1.807, 2.05) is 18.2 Å². The number of halogens is 2. The van der Waals surface area contributed by atoms with Gasteiger partial charge in [0.15, 0.2) is 0 Å². The number of benzene rings is 3. The molecule has 10 heteroatoms. The molecule has 1 amide bonds. The van der Waals surface area contributed by atoms with Crippen molar-refractivity contribution < 1.29 is 13.2 Å².